The molecule has 0 aliphatic rings. The SMILES string of the molecule is CCc1nc(CCNC(=O)c2cccc(C(=O)O)c2)cs1. The van der Waals surface area contributed by atoms with Crippen molar-refractivity contribution in [1.29, 1.82) is 0 Å². The molecule has 0 atom stereocenters. The summed E-state index contributed by atoms with van der Waals surface area (Å²) in [5, 5.41) is 14.8. The van der Waals surface area contributed by atoms with Crippen LogP contribution in [0.5, 0.6) is 0 Å². The average molecular weight is 304 g/mol. The summed E-state index contributed by atoms with van der Waals surface area (Å²) in [4.78, 5) is 27.2. The van der Waals surface area contributed by atoms with Crippen LogP contribution in [0.25, 0.3) is 0 Å². The van der Waals surface area contributed by atoms with Gasteiger partial charge in [0.05, 0.1) is 16.3 Å². The van der Waals surface area contributed by atoms with Gasteiger partial charge in [-0.05, 0) is 24.6 Å². The number of benzene rings is 1. The molecular formula is C15H16N2O3S. The highest BCUT2D eigenvalue weighted by atomic mass is 32.1. The van der Waals surface area contributed by atoms with Crippen molar-refractivity contribution in [2.75, 3.05) is 6.54 Å². The number of carbonyl (C=O) groups excluding carboxylic acids is 1. The number of rotatable bonds is 6. The normalized spacial score (nSPS) is 10.3. The summed E-state index contributed by atoms with van der Waals surface area (Å²) in [6.07, 6.45) is 1.58. The van der Waals surface area contributed by atoms with Crippen molar-refractivity contribution < 1.29 is 14.7 Å². The summed E-state index contributed by atoms with van der Waals surface area (Å²) >= 11 is 1.62. The van der Waals surface area contributed by atoms with Crippen LogP contribution >= 0.6 is 11.3 Å². The Bertz CT molecular complexity index is 652. The Labute approximate surface area is 126 Å². The lowest BCUT2D eigenvalue weighted by Crippen LogP contribution is -2.26. The van der Waals surface area contributed by atoms with Crippen LogP contribution in [-0.2, 0) is 12.8 Å². The van der Waals surface area contributed by atoms with E-state index in [1.54, 1.807) is 23.5 Å². The first kappa shape index (κ1) is 15.2. The van der Waals surface area contributed by atoms with Gasteiger partial charge in [0.2, 0.25) is 0 Å². The number of nitrogens with zero attached hydrogens (tertiary/aromatic N) is 1. The highest BCUT2D eigenvalue weighted by molar-refractivity contribution is 7.09. The Kier molecular flexibility index (Phi) is 5.05. The van der Waals surface area contributed by atoms with E-state index in [0.29, 0.717) is 18.5 Å². The van der Waals surface area contributed by atoms with Gasteiger partial charge in [0, 0.05) is 23.9 Å². The minimum atomic E-state index is -1.04. The van der Waals surface area contributed by atoms with E-state index >= 15 is 0 Å². The van der Waals surface area contributed by atoms with E-state index in [0.717, 1.165) is 17.1 Å². The Morgan fingerprint density at radius 3 is 2.76 bits per heavy atom. The van der Waals surface area contributed by atoms with Crippen LogP contribution in [0.15, 0.2) is 29.6 Å². The van der Waals surface area contributed by atoms with Gasteiger partial charge >= 0.3 is 5.97 Å². The summed E-state index contributed by atoms with van der Waals surface area (Å²) in [6, 6.07) is 5.99. The Morgan fingerprint density at radius 1 is 1.33 bits per heavy atom. The molecule has 2 rings (SSSR count). The number of carboxylic acids is 1. The number of aromatic carboxylic acids is 1. The minimum absolute atomic E-state index is 0.106. The third kappa shape index (κ3) is 4.13. The Balaban J connectivity index is 1.89. The zero-order valence-corrected chi connectivity index (χ0v) is 12.4. The van der Waals surface area contributed by atoms with Crippen molar-refractivity contribution in [1.82, 2.24) is 10.3 Å². The maximum atomic E-state index is 11.9. The van der Waals surface area contributed by atoms with E-state index in [9.17, 15) is 9.59 Å². The number of aryl methyl sites for hydroxylation is 1. The molecule has 0 fully saturated rings. The molecule has 0 aliphatic carbocycles. The molecule has 0 saturated carbocycles. The summed E-state index contributed by atoms with van der Waals surface area (Å²) in [7, 11) is 0. The molecule has 0 saturated heterocycles. The van der Waals surface area contributed by atoms with Gasteiger partial charge in [-0.1, -0.05) is 13.0 Å². The molecule has 21 heavy (non-hydrogen) atoms. The van der Waals surface area contributed by atoms with E-state index in [1.165, 1.54) is 12.1 Å². The Hall–Kier alpha value is -2.21. The predicted molar refractivity (Wildman–Crippen MR) is 80.9 cm³/mol. The molecule has 2 N–H and O–H groups in total. The summed E-state index contributed by atoms with van der Waals surface area (Å²) in [6.45, 7) is 2.53. The van der Waals surface area contributed by atoms with Crippen molar-refractivity contribution in [2.45, 2.75) is 19.8 Å². The topological polar surface area (TPSA) is 79.3 Å². The minimum Gasteiger partial charge on any atom is -0.478 e. The van der Waals surface area contributed by atoms with Gasteiger partial charge in [-0.2, -0.15) is 0 Å². The summed E-state index contributed by atoms with van der Waals surface area (Å²) in [5.41, 5.74) is 1.42. The van der Waals surface area contributed by atoms with Crippen LogP contribution in [-0.4, -0.2) is 28.5 Å². The molecule has 0 aliphatic heterocycles. The third-order valence-electron chi connectivity index (χ3n) is 2.94. The van der Waals surface area contributed by atoms with Gasteiger partial charge in [-0.15, -0.1) is 11.3 Å². The lowest BCUT2D eigenvalue weighted by Gasteiger charge is -2.05. The van der Waals surface area contributed by atoms with Crippen LogP contribution < -0.4 is 5.32 Å². The van der Waals surface area contributed by atoms with Gasteiger partial charge in [0.15, 0.2) is 0 Å². The summed E-state index contributed by atoms with van der Waals surface area (Å²) < 4.78 is 0. The molecule has 1 aromatic carbocycles. The molecule has 2 aromatic rings. The maximum Gasteiger partial charge on any atom is 0.335 e. The van der Waals surface area contributed by atoms with E-state index < -0.39 is 5.97 Å². The molecule has 6 heteroatoms. The molecule has 0 bridgehead atoms. The fraction of sp³-hybridized carbons (Fsp3) is 0.267. The molecule has 0 radical (unpaired) electrons. The van der Waals surface area contributed by atoms with Crippen molar-refractivity contribution >= 4 is 23.2 Å². The highest BCUT2D eigenvalue weighted by Gasteiger charge is 2.09. The monoisotopic (exact) mass is 304 g/mol. The molecule has 1 amide bonds. The number of hydrogen-bond acceptors (Lipinski definition) is 4. The number of hydrogen-bond donors (Lipinski definition) is 2. The first-order chi connectivity index (χ1) is 10.1. The third-order valence-corrected chi connectivity index (χ3v) is 3.98. The lowest BCUT2D eigenvalue weighted by atomic mass is 10.1. The highest BCUT2D eigenvalue weighted by Crippen LogP contribution is 2.10. The zero-order chi connectivity index (χ0) is 15.2. The fourth-order valence-corrected chi connectivity index (χ4v) is 2.61. The van der Waals surface area contributed by atoms with E-state index in [2.05, 4.69) is 17.2 Å². The molecule has 5 nitrogen and oxygen atoms in total. The van der Waals surface area contributed by atoms with Crippen molar-refractivity contribution in [3.8, 4) is 0 Å². The van der Waals surface area contributed by atoms with Crippen molar-refractivity contribution in [3.63, 3.8) is 0 Å². The van der Waals surface area contributed by atoms with Crippen LogP contribution in [0.4, 0.5) is 0 Å². The fourth-order valence-electron chi connectivity index (χ4n) is 1.83. The lowest BCUT2D eigenvalue weighted by molar-refractivity contribution is 0.0697. The van der Waals surface area contributed by atoms with Crippen molar-refractivity contribution in [3.05, 3.63) is 51.5 Å². The number of amides is 1. The zero-order valence-electron chi connectivity index (χ0n) is 11.6. The number of carbonyl (C=O) groups is 2. The predicted octanol–water partition coefficient (Wildman–Crippen LogP) is 2.38. The largest absolute Gasteiger partial charge is 0.478 e. The molecule has 0 spiro atoms. The van der Waals surface area contributed by atoms with Gasteiger partial charge in [-0.3, -0.25) is 4.79 Å². The average Bonchev–Trinajstić information content (AvgIpc) is 2.95. The molecule has 0 unspecified atom stereocenters. The maximum absolute atomic E-state index is 11.9. The first-order valence-corrected chi connectivity index (χ1v) is 7.53. The van der Waals surface area contributed by atoms with Crippen molar-refractivity contribution in [2.24, 2.45) is 0 Å². The van der Waals surface area contributed by atoms with Gasteiger partial charge in [-0.25, -0.2) is 9.78 Å². The smallest absolute Gasteiger partial charge is 0.335 e. The first-order valence-electron chi connectivity index (χ1n) is 6.65. The van der Waals surface area contributed by atoms with E-state index in [1.807, 2.05) is 5.38 Å². The summed E-state index contributed by atoms with van der Waals surface area (Å²) in [5.74, 6) is -1.32. The second-order valence-corrected chi connectivity index (χ2v) is 5.42. The second kappa shape index (κ2) is 6.99. The molecular weight excluding hydrogens is 288 g/mol. The Morgan fingerprint density at radius 2 is 2.10 bits per heavy atom. The van der Waals surface area contributed by atoms with Gasteiger partial charge in [0.25, 0.3) is 5.91 Å². The molecule has 1 aromatic heterocycles. The number of thiazole rings is 1. The molecule has 1 heterocycles. The standard InChI is InChI=1S/C15H16N2O3S/c1-2-13-17-12(9-21-13)6-7-16-14(18)10-4-3-5-11(8-10)15(19)20/h3-5,8-9H,2,6-7H2,1H3,(H,16,18)(H,19,20). The number of aromatic nitrogens is 1. The van der Waals surface area contributed by atoms with Crippen LogP contribution in [0.1, 0.15) is 38.3 Å². The van der Waals surface area contributed by atoms with Gasteiger partial charge < -0.3 is 10.4 Å². The number of nitrogens with one attached hydrogen (secondary N) is 1. The number of carboxylic acid groups (broad SMARTS) is 1. The van der Waals surface area contributed by atoms with E-state index in [-0.39, 0.29) is 11.5 Å². The molecule has 110 valence electrons. The van der Waals surface area contributed by atoms with Crippen LogP contribution in [0.3, 0.4) is 0 Å². The van der Waals surface area contributed by atoms with E-state index in [4.69, 9.17) is 5.11 Å². The van der Waals surface area contributed by atoms with Crippen LogP contribution in [0.2, 0.25) is 0 Å². The second-order valence-electron chi connectivity index (χ2n) is 4.48. The van der Waals surface area contributed by atoms with Gasteiger partial charge in [0.1, 0.15) is 0 Å². The van der Waals surface area contributed by atoms with Crippen LogP contribution in [0, 0.1) is 0 Å². The quantitative estimate of drug-likeness (QED) is 0.858.